The van der Waals surface area contributed by atoms with Gasteiger partial charge in [0.05, 0.1) is 18.0 Å². The van der Waals surface area contributed by atoms with Crippen LogP contribution in [-0.2, 0) is 13.1 Å². The molecule has 1 aromatic heterocycles. The average Bonchev–Trinajstić information content (AvgIpc) is 2.61. The third-order valence-corrected chi connectivity index (χ3v) is 4.45. The maximum atomic E-state index is 12.2. The minimum atomic E-state index is -0.0703. The van der Waals surface area contributed by atoms with Crippen LogP contribution in [0, 0.1) is 0 Å². The highest BCUT2D eigenvalue weighted by Gasteiger charge is 2.10. The van der Waals surface area contributed by atoms with Gasteiger partial charge in [-0.15, -0.1) is 0 Å². The van der Waals surface area contributed by atoms with Crippen molar-refractivity contribution < 1.29 is 4.90 Å². The first-order valence-electron chi connectivity index (χ1n) is 8.46. The van der Waals surface area contributed by atoms with E-state index < -0.39 is 0 Å². The predicted octanol–water partition coefficient (Wildman–Crippen LogP) is 2.29. The highest BCUT2D eigenvalue weighted by atomic mass is 16.1. The Balaban J connectivity index is 1.55. The lowest BCUT2D eigenvalue weighted by atomic mass is 10.1. The standard InChI is InChI=1S/C21H19N3O/c1-24(13-15-10-11-16-6-2-3-7-17(16)12-15)14-20-22-19-9-5-4-8-18(19)21(25)23-20/h2-12H,13-14H2,1H3,(H,22,23,25)/p+1. The van der Waals surface area contributed by atoms with E-state index in [0.717, 1.165) is 17.9 Å². The monoisotopic (exact) mass is 330 g/mol. The molecule has 1 unspecified atom stereocenters. The van der Waals surface area contributed by atoms with Gasteiger partial charge < -0.3 is 9.88 Å². The van der Waals surface area contributed by atoms with Crippen LogP contribution < -0.4 is 10.5 Å². The quantitative estimate of drug-likeness (QED) is 0.603. The molecule has 4 heteroatoms. The Morgan fingerprint density at radius 3 is 2.56 bits per heavy atom. The third kappa shape index (κ3) is 3.30. The van der Waals surface area contributed by atoms with Crippen molar-refractivity contribution in [1.29, 1.82) is 0 Å². The number of rotatable bonds is 4. The summed E-state index contributed by atoms with van der Waals surface area (Å²) in [4.78, 5) is 21.0. The van der Waals surface area contributed by atoms with E-state index in [0.29, 0.717) is 11.9 Å². The van der Waals surface area contributed by atoms with Gasteiger partial charge in [0.25, 0.3) is 5.56 Å². The summed E-state index contributed by atoms with van der Waals surface area (Å²) in [6.07, 6.45) is 0. The van der Waals surface area contributed by atoms with Crippen LogP contribution in [0.3, 0.4) is 0 Å². The fourth-order valence-electron chi connectivity index (χ4n) is 3.26. The summed E-state index contributed by atoms with van der Waals surface area (Å²) < 4.78 is 0. The summed E-state index contributed by atoms with van der Waals surface area (Å²) in [6, 6.07) is 22.4. The van der Waals surface area contributed by atoms with E-state index in [-0.39, 0.29) is 5.56 Å². The highest BCUT2D eigenvalue weighted by Crippen LogP contribution is 2.15. The zero-order valence-corrected chi connectivity index (χ0v) is 14.1. The number of hydrogen-bond donors (Lipinski definition) is 2. The van der Waals surface area contributed by atoms with Crippen LogP contribution in [0.5, 0.6) is 0 Å². The molecular weight excluding hydrogens is 310 g/mol. The van der Waals surface area contributed by atoms with Crippen molar-refractivity contribution in [2.45, 2.75) is 13.1 Å². The lowest BCUT2D eigenvalue weighted by Gasteiger charge is -2.14. The Kier molecular flexibility index (Phi) is 4.04. The molecule has 0 bridgehead atoms. The van der Waals surface area contributed by atoms with Crippen LogP contribution in [0.2, 0.25) is 0 Å². The molecule has 4 nitrogen and oxygen atoms in total. The van der Waals surface area contributed by atoms with Crippen molar-refractivity contribution in [1.82, 2.24) is 9.97 Å². The normalized spacial score (nSPS) is 12.5. The SMILES string of the molecule is C[NH+](Cc1ccc2ccccc2c1)Cc1nc2ccccc2c(=O)[nH]1. The first-order chi connectivity index (χ1) is 12.2. The van der Waals surface area contributed by atoms with Gasteiger partial charge in [0.2, 0.25) is 0 Å². The lowest BCUT2D eigenvalue weighted by Crippen LogP contribution is -3.06. The lowest BCUT2D eigenvalue weighted by molar-refractivity contribution is -0.908. The maximum absolute atomic E-state index is 12.2. The van der Waals surface area contributed by atoms with E-state index in [1.807, 2.05) is 18.2 Å². The molecule has 25 heavy (non-hydrogen) atoms. The van der Waals surface area contributed by atoms with E-state index >= 15 is 0 Å². The van der Waals surface area contributed by atoms with E-state index in [4.69, 9.17) is 0 Å². The molecule has 0 saturated carbocycles. The molecule has 2 N–H and O–H groups in total. The summed E-state index contributed by atoms with van der Waals surface area (Å²) in [6.45, 7) is 1.55. The van der Waals surface area contributed by atoms with Crippen LogP contribution >= 0.6 is 0 Å². The number of hydrogen-bond acceptors (Lipinski definition) is 2. The van der Waals surface area contributed by atoms with Crippen LogP contribution in [0.1, 0.15) is 11.4 Å². The highest BCUT2D eigenvalue weighted by molar-refractivity contribution is 5.83. The van der Waals surface area contributed by atoms with Gasteiger partial charge in [0, 0.05) is 5.56 Å². The summed E-state index contributed by atoms with van der Waals surface area (Å²) in [7, 11) is 2.12. The fourth-order valence-corrected chi connectivity index (χ4v) is 3.26. The van der Waals surface area contributed by atoms with Crippen LogP contribution in [0.25, 0.3) is 21.7 Å². The molecule has 0 radical (unpaired) electrons. The van der Waals surface area contributed by atoms with Gasteiger partial charge in [-0.05, 0) is 29.0 Å². The second-order valence-corrected chi connectivity index (χ2v) is 6.52. The maximum Gasteiger partial charge on any atom is 0.258 e. The molecule has 3 aromatic carbocycles. The first-order valence-corrected chi connectivity index (χ1v) is 8.46. The van der Waals surface area contributed by atoms with Crippen molar-refractivity contribution in [2.24, 2.45) is 0 Å². The smallest absolute Gasteiger partial charge is 0.258 e. The second kappa shape index (κ2) is 6.49. The topological polar surface area (TPSA) is 50.2 Å². The molecule has 0 saturated heterocycles. The third-order valence-electron chi connectivity index (χ3n) is 4.45. The Morgan fingerprint density at radius 1 is 0.920 bits per heavy atom. The van der Waals surface area contributed by atoms with Crippen molar-refractivity contribution in [3.63, 3.8) is 0 Å². The number of quaternary nitrogens is 1. The van der Waals surface area contributed by atoms with Gasteiger partial charge in [-0.2, -0.15) is 0 Å². The Labute approximate surface area is 145 Å². The van der Waals surface area contributed by atoms with E-state index in [1.165, 1.54) is 21.2 Å². The van der Waals surface area contributed by atoms with Crippen molar-refractivity contribution in [2.75, 3.05) is 7.05 Å². The molecule has 124 valence electrons. The molecule has 4 aromatic rings. The van der Waals surface area contributed by atoms with Gasteiger partial charge in [-0.3, -0.25) is 4.79 Å². The van der Waals surface area contributed by atoms with Gasteiger partial charge in [0.15, 0.2) is 5.82 Å². The van der Waals surface area contributed by atoms with Crippen LogP contribution in [-0.4, -0.2) is 17.0 Å². The molecule has 0 aliphatic heterocycles. The van der Waals surface area contributed by atoms with Crippen LogP contribution in [0.4, 0.5) is 0 Å². The van der Waals surface area contributed by atoms with Gasteiger partial charge in [-0.25, -0.2) is 4.98 Å². The zero-order chi connectivity index (χ0) is 17.2. The predicted molar refractivity (Wildman–Crippen MR) is 101 cm³/mol. The van der Waals surface area contributed by atoms with Crippen molar-refractivity contribution >= 4 is 21.7 Å². The number of nitrogens with zero attached hydrogens (tertiary/aromatic N) is 1. The summed E-state index contributed by atoms with van der Waals surface area (Å²) >= 11 is 0. The average molecular weight is 330 g/mol. The Morgan fingerprint density at radius 2 is 1.68 bits per heavy atom. The number of aromatic amines is 1. The molecular formula is C21H20N3O+. The summed E-state index contributed by atoms with van der Waals surface area (Å²) in [5, 5.41) is 3.15. The minimum absolute atomic E-state index is 0.0703. The van der Waals surface area contributed by atoms with E-state index in [2.05, 4.69) is 59.5 Å². The van der Waals surface area contributed by atoms with Crippen LogP contribution in [0.15, 0.2) is 71.5 Å². The van der Waals surface area contributed by atoms with Crippen molar-refractivity contribution in [3.8, 4) is 0 Å². The molecule has 1 heterocycles. The van der Waals surface area contributed by atoms with Crippen molar-refractivity contribution in [3.05, 3.63) is 88.5 Å². The number of para-hydroxylation sites is 1. The second-order valence-electron chi connectivity index (χ2n) is 6.52. The minimum Gasteiger partial charge on any atom is -0.327 e. The molecule has 0 aliphatic carbocycles. The largest absolute Gasteiger partial charge is 0.327 e. The first kappa shape index (κ1) is 15.5. The summed E-state index contributed by atoms with van der Waals surface area (Å²) in [5.74, 6) is 0.724. The molecule has 0 spiro atoms. The number of fused-ring (bicyclic) bond motifs is 2. The number of benzene rings is 3. The molecule has 0 amide bonds. The Hall–Kier alpha value is -2.98. The molecule has 0 fully saturated rings. The number of H-pyrrole nitrogens is 1. The molecule has 4 rings (SSSR count). The van der Waals surface area contributed by atoms with Gasteiger partial charge in [-0.1, -0.05) is 48.5 Å². The Bertz CT molecular complexity index is 1100. The summed E-state index contributed by atoms with van der Waals surface area (Å²) in [5.41, 5.74) is 1.96. The van der Waals surface area contributed by atoms with Gasteiger partial charge in [0.1, 0.15) is 13.1 Å². The van der Waals surface area contributed by atoms with Gasteiger partial charge >= 0.3 is 0 Å². The van der Waals surface area contributed by atoms with E-state index in [9.17, 15) is 4.79 Å². The molecule has 0 aliphatic rings. The molecule has 1 atom stereocenters. The zero-order valence-electron chi connectivity index (χ0n) is 14.1. The fraction of sp³-hybridized carbons (Fsp3) is 0.143. The number of nitrogens with one attached hydrogen (secondary N) is 2. The van der Waals surface area contributed by atoms with E-state index in [1.54, 1.807) is 6.07 Å². The number of aromatic nitrogens is 2.